The van der Waals surface area contributed by atoms with Gasteiger partial charge in [-0.05, 0) is 17.5 Å². The zero-order valence-electron chi connectivity index (χ0n) is 13.2. The molecule has 1 aromatic carbocycles. The van der Waals surface area contributed by atoms with Crippen LogP contribution in [0.1, 0.15) is 12.3 Å². The van der Waals surface area contributed by atoms with Crippen LogP contribution in [0.15, 0.2) is 35.0 Å². The molecule has 0 radical (unpaired) electrons. The third-order valence-electron chi connectivity index (χ3n) is 4.20. The predicted molar refractivity (Wildman–Crippen MR) is 87.3 cm³/mol. The van der Waals surface area contributed by atoms with Crippen molar-refractivity contribution in [3.05, 3.63) is 36.4 Å². The number of H-pyrrole nitrogens is 1. The average Bonchev–Trinajstić information content (AvgIpc) is 3.29. The van der Waals surface area contributed by atoms with Gasteiger partial charge >= 0.3 is 0 Å². The first-order chi connectivity index (χ1) is 11.8. The van der Waals surface area contributed by atoms with Crippen molar-refractivity contribution in [2.75, 3.05) is 26.3 Å². The lowest BCUT2D eigenvalue weighted by Gasteiger charge is -2.26. The molecule has 0 aliphatic carbocycles. The van der Waals surface area contributed by atoms with Gasteiger partial charge in [-0.15, -0.1) is 0 Å². The maximum Gasteiger partial charge on any atom is 0.227 e. The molecule has 1 saturated heterocycles. The molecule has 7 nitrogen and oxygen atoms in total. The van der Waals surface area contributed by atoms with Crippen LogP contribution in [0, 0.1) is 0 Å². The summed E-state index contributed by atoms with van der Waals surface area (Å²) < 4.78 is 10.5. The number of nitrogens with zero attached hydrogens (tertiary/aromatic N) is 3. The molecule has 2 aromatic heterocycles. The van der Waals surface area contributed by atoms with Gasteiger partial charge in [0.25, 0.3) is 0 Å². The van der Waals surface area contributed by atoms with E-state index in [1.54, 1.807) is 0 Å². The second-order valence-corrected chi connectivity index (χ2v) is 5.78. The van der Waals surface area contributed by atoms with Crippen molar-refractivity contribution in [1.82, 2.24) is 20.0 Å². The highest BCUT2D eigenvalue weighted by Crippen LogP contribution is 2.21. The molecule has 0 spiro atoms. The molecule has 3 heterocycles. The molecule has 24 heavy (non-hydrogen) atoms. The van der Waals surface area contributed by atoms with Gasteiger partial charge in [0.05, 0.1) is 13.2 Å². The molecule has 0 unspecified atom stereocenters. The fourth-order valence-electron chi connectivity index (χ4n) is 2.85. The summed E-state index contributed by atoms with van der Waals surface area (Å²) >= 11 is 0. The Hall–Kier alpha value is -2.67. The number of aromatic nitrogens is 3. The quantitative estimate of drug-likeness (QED) is 0.793. The van der Waals surface area contributed by atoms with Crippen LogP contribution in [-0.2, 0) is 16.0 Å². The monoisotopic (exact) mass is 326 g/mol. The van der Waals surface area contributed by atoms with Crippen molar-refractivity contribution in [3.63, 3.8) is 0 Å². The van der Waals surface area contributed by atoms with Gasteiger partial charge in [0.1, 0.15) is 0 Å². The van der Waals surface area contributed by atoms with Crippen LogP contribution < -0.4 is 0 Å². The summed E-state index contributed by atoms with van der Waals surface area (Å²) in [7, 11) is 0. The number of benzene rings is 1. The number of fused-ring (bicyclic) bond motifs is 1. The van der Waals surface area contributed by atoms with Crippen molar-refractivity contribution in [2.45, 2.75) is 12.8 Å². The number of aryl methyl sites for hydroxylation is 1. The van der Waals surface area contributed by atoms with Crippen LogP contribution >= 0.6 is 0 Å². The normalized spacial score (nSPS) is 15.1. The van der Waals surface area contributed by atoms with E-state index in [9.17, 15) is 4.79 Å². The van der Waals surface area contributed by atoms with Crippen molar-refractivity contribution in [1.29, 1.82) is 0 Å². The third kappa shape index (κ3) is 3.03. The van der Waals surface area contributed by atoms with Crippen LogP contribution in [0.4, 0.5) is 0 Å². The summed E-state index contributed by atoms with van der Waals surface area (Å²) in [6, 6.07) is 7.98. The van der Waals surface area contributed by atoms with E-state index in [1.165, 1.54) is 0 Å². The van der Waals surface area contributed by atoms with Gasteiger partial charge in [-0.3, -0.25) is 4.79 Å². The van der Waals surface area contributed by atoms with E-state index in [1.807, 2.05) is 35.4 Å². The van der Waals surface area contributed by atoms with Crippen molar-refractivity contribution < 1.29 is 14.1 Å². The molecular formula is C17H18N4O3. The molecule has 0 atom stereocenters. The molecule has 1 N–H and O–H groups in total. The Morgan fingerprint density at radius 3 is 3.00 bits per heavy atom. The standard InChI is InChI=1S/C17H18N4O3/c22-16(21-7-9-23-10-8-21)4-3-15-19-17(20-24-15)13-2-1-12-5-6-18-14(12)11-13/h1-2,5-6,11,18H,3-4,7-10H2. The topological polar surface area (TPSA) is 84.2 Å². The number of rotatable bonds is 4. The maximum absolute atomic E-state index is 12.1. The van der Waals surface area contributed by atoms with Crippen LogP contribution in [0.25, 0.3) is 22.3 Å². The molecule has 1 aliphatic rings. The van der Waals surface area contributed by atoms with E-state index in [4.69, 9.17) is 9.26 Å². The lowest BCUT2D eigenvalue weighted by atomic mass is 10.1. The molecule has 3 aromatic rings. The molecule has 0 bridgehead atoms. The second kappa shape index (κ2) is 6.45. The van der Waals surface area contributed by atoms with Crippen LogP contribution in [0.2, 0.25) is 0 Å². The van der Waals surface area contributed by atoms with Gasteiger partial charge in [-0.25, -0.2) is 0 Å². The number of nitrogens with one attached hydrogen (secondary N) is 1. The van der Waals surface area contributed by atoms with Gasteiger partial charge in [-0.1, -0.05) is 17.3 Å². The number of amides is 1. The molecule has 0 saturated carbocycles. The van der Waals surface area contributed by atoms with E-state index in [-0.39, 0.29) is 5.91 Å². The summed E-state index contributed by atoms with van der Waals surface area (Å²) in [6.07, 6.45) is 2.72. The van der Waals surface area contributed by atoms with Gasteiger partial charge in [0, 0.05) is 43.2 Å². The van der Waals surface area contributed by atoms with Crippen LogP contribution in [0.5, 0.6) is 0 Å². The summed E-state index contributed by atoms with van der Waals surface area (Å²) in [4.78, 5) is 21.5. The Balaban J connectivity index is 1.41. The van der Waals surface area contributed by atoms with E-state index in [0.717, 1.165) is 16.5 Å². The lowest BCUT2D eigenvalue weighted by Crippen LogP contribution is -2.40. The fraction of sp³-hybridized carbons (Fsp3) is 0.353. The number of carbonyl (C=O) groups excluding carboxylic acids is 1. The highest BCUT2D eigenvalue weighted by Gasteiger charge is 2.18. The minimum Gasteiger partial charge on any atom is -0.378 e. The first kappa shape index (κ1) is 14.9. The second-order valence-electron chi connectivity index (χ2n) is 5.78. The SMILES string of the molecule is O=C(CCc1nc(-c2ccc3cc[nH]c3c2)no1)N1CCOCC1. The van der Waals surface area contributed by atoms with E-state index in [0.29, 0.717) is 50.9 Å². The van der Waals surface area contributed by atoms with E-state index >= 15 is 0 Å². The Morgan fingerprint density at radius 1 is 1.25 bits per heavy atom. The Morgan fingerprint density at radius 2 is 2.12 bits per heavy atom. The van der Waals surface area contributed by atoms with Crippen molar-refractivity contribution in [3.8, 4) is 11.4 Å². The number of aromatic amines is 1. The zero-order chi connectivity index (χ0) is 16.4. The van der Waals surface area contributed by atoms with Gasteiger partial charge < -0.3 is 19.1 Å². The van der Waals surface area contributed by atoms with E-state index < -0.39 is 0 Å². The maximum atomic E-state index is 12.1. The van der Waals surface area contributed by atoms with Crippen molar-refractivity contribution in [2.24, 2.45) is 0 Å². The largest absolute Gasteiger partial charge is 0.378 e. The number of hydrogen-bond donors (Lipinski definition) is 1. The highest BCUT2D eigenvalue weighted by molar-refractivity contribution is 5.83. The lowest BCUT2D eigenvalue weighted by molar-refractivity contribution is -0.135. The number of ether oxygens (including phenoxy) is 1. The molecule has 1 amide bonds. The summed E-state index contributed by atoms with van der Waals surface area (Å²) in [5.41, 5.74) is 1.92. The zero-order valence-corrected chi connectivity index (χ0v) is 13.2. The molecule has 124 valence electrons. The van der Waals surface area contributed by atoms with E-state index in [2.05, 4.69) is 15.1 Å². The summed E-state index contributed by atoms with van der Waals surface area (Å²) in [5, 5.41) is 5.16. The highest BCUT2D eigenvalue weighted by atomic mass is 16.5. The number of hydrogen-bond acceptors (Lipinski definition) is 5. The fourth-order valence-corrected chi connectivity index (χ4v) is 2.85. The van der Waals surface area contributed by atoms with Crippen LogP contribution in [0.3, 0.4) is 0 Å². The first-order valence-electron chi connectivity index (χ1n) is 8.05. The smallest absolute Gasteiger partial charge is 0.227 e. The minimum atomic E-state index is 0.103. The number of carbonyl (C=O) groups is 1. The number of morpholine rings is 1. The molecule has 1 aliphatic heterocycles. The van der Waals surface area contributed by atoms with Crippen molar-refractivity contribution >= 4 is 16.8 Å². The summed E-state index contributed by atoms with van der Waals surface area (Å²) in [6.45, 7) is 2.53. The Labute approximate surface area is 138 Å². The Kier molecular flexibility index (Phi) is 4.00. The predicted octanol–water partition coefficient (Wildman–Crippen LogP) is 2.01. The average molecular weight is 326 g/mol. The minimum absolute atomic E-state index is 0.103. The van der Waals surface area contributed by atoms with Crippen LogP contribution in [-0.4, -0.2) is 52.2 Å². The molecule has 7 heteroatoms. The van der Waals surface area contributed by atoms with Gasteiger partial charge in [-0.2, -0.15) is 4.98 Å². The first-order valence-corrected chi connectivity index (χ1v) is 8.05. The molecular weight excluding hydrogens is 308 g/mol. The Bertz CT molecular complexity index is 848. The summed E-state index contributed by atoms with van der Waals surface area (Å²) in [5.74, 6) is 1.13. The van der Waals surface area contributed by atoms with Gasteiger partial charge in [0.2, 0.25) is 17.6 Å². The molecule has 4 rings (SSSR count). The van der Waals surface area contributed by atoms with Gasteiger partial charge in [0.15, 0.2) is 0 Å². The third-order valence-corrected chi connectivity index (χ3v) is 4.20. The molecule has 1 fully saturated rings.